The van der Waals surface area contributed by atoms with Crippen molar-refractivity contribution < 1.29 is 9.13 Å². The molecule has 0 aliphatic carbocycles. The Morgan fingerprint density at radius 3 is 2.83 bits per heavy atom. The molecule has 126 valence electrons. The number of anilines is 1. The Balaban J connectivity index is 1.60. The third kappa shape index (κ3) is 3.85. The number of ether oxygens (including phenoxy) is 1. The molecular formula is C16H16ClFN4OS. The second-order valence-corrected chi connectivity index (χ2v) is 6.94. The van der Waals surface area contributed by atoms with Crippen LogP contribution in [-0.4, -0.2) is 14.8 Å². The number of aromatic nitrogens is 3. The van der Waals surface area contributed by atoms with Crippen LogP contribution in [0.2, 0.25) is 4.47 Å². The largest absolute Gasteiger partial charge is 0.486 e. The lowest BCUT2D eigenvalue weighted by atomic mass is 10.2. The van der Waals surface area contributed by atoms with Crippen LogP contribution in [0.5, 0.6) is 5.75 Å². The average molecular weight is 367 g/mol. The minimum absolute atomic E-state index is 0.213. The maximum absolute atomic E-state index is 14.2. The molecular weight excluding hydrogens is 351 g/mol. The van der Waals surface area contributed by atoms with Crippen molar-refractivity contribution in [2.45, 2.75) is 20.1 Å². The van der Waals surface area contributed by atoms with Gasteiger partial charge in [0, 0.05) is 41.1 Å². The Hall–Kier alpha value is -2.12. The predicted octanol–water partition coefficient (Wildman–Crippen LogP) is 4.17. The summed E-state index contributed by atoms with van der Waals surface area (Å²) in [7, 11) is 1.86. The molecule has 2 aromatic heterocycles. The lowest BCUT2D eigenvalue weighted by Crippen LogP contribution is -2.01. The zero-order valence-electron chi connectivity index (χ0n) is 13.2. The van der Waals surface area contributed by atoms with Gasteiger partial charge in [-0.05, 0) is 19.1 Å². The van der Waals surface area contributed by atoms with Gasteiger partial charge >= 0.3 is 0 Å². The van der Waals surface area contributed by atoms with E-state index in [1.165, 1.54) is 17.4 Å². The topological polar surface area (TPSA) is 52.0 Å². The molecule has 0 atom stereocenters. The normalized spacial score (nSPS) is 10.8. The summed E-state index contributed by atoms with van der Waals surface area (Å²) in [6.07, 6.45) is 3.42. The fourth-order valence-corrected chi connectivity index (χ4v) is 3.04. The Kier molecular flexibility index (Phi) is 5.01. The SMILES string of the molecule is Cc1c(COc2ccc(NCc3cnc(Cl)s3)cc2F)cnn1C. The van der Waals surface area contributed by atoms with Gasteiger partial charge in [0.15, 0.2) is 16.0 Å². The average Bonchev–Trinajstić information content (AvgIpc) is 3.12. The van der Waals surface area contributed by atoms with Gasteiger partial charge in [0.1, 0.15) is 6.61 Å². The number of rotatable bonds is 6. The third-order valence-electron chi connectivity index (χ3n) is 3.64. The molecule has 0 aliphatic heterocycles. The van der Waals surface area contributed by atoms with Crippen molar-refractivity contribution in [3.05, 3.63) is 57.0 Å². The van der Waals surface area contributed by atoms with Crippen LogP contribution in [0.1, 0.15) is 16.1 Å². The molecule has 1 aromatic carbocycles. The summed E-state index contributed by atoms with van der Waals surface area (Å²) < 4.78 is 22.0. The summed E-state index contributed by atoms with van der Waals surface area (Å²) in [6.45, 7) is 2.77. The standard InChI is InChI=1S/C16H16ClFN4OS/c1-10-11(6-21-22(10)2)9-23-15-4-3-12(5-14(15)18)19-7-13-8-20-16(17)24-13/h3-6,8,19H,7,9H2,1-2H3. The van der Waals surface area contributed by atoms with E-state index in [1.807, 2.05) is 14.0 Å². The number of benzene rings is 1. The van der Waals surface area contributed by atoms with Crippen LogP contribution in [0.25, 0.3) is 0 Å². The summed E-state index contributed by atoms with van der Waals surface area (Å²) in [6, 6.07) is 4.80. The zero-order valence-corrected chi connectivity index (χ0v) is 14.8. The fourth-order valence-electron chi connectivity index (χ4n) is 2.12. The van der Waals surface area contributed by atoms with Crippen LogP contribution in [0, 0.1) is 12.7 Å². The van der Waals surface area contributed by atoms with Gasteiger partial charge < -0.3 is 10.1 Å². The summed E-state index contributed by atoms with van der Waals surface area (Å²) >= 11 is 7.17. The van der Waals surface area contributed by atoms with Gasteiger partial charge in [-0.25, -0.2) is 9.37 Å². The molecule has 5 nitrogen and oxygen atoms in total. The van der Waals surface area contributed by atoms with Crippen LogP contribution in [0.15, 0.2) is 30.6 Å². The number of halogens is 2. The highest BCUT2D eigenvalue weighted by Crippen LogP contribution is 2.24. The van der Waals surface area contributed by atoms with Gasteiger partial charge in [0.2, 0.25) is 0 Å². The predicted molar refractivity (Wildman–Crippen MR) is 93.1 cm³/mol. The minimum Gasteiger partial charge on any atom is -0.486 e. The highest BCUT2D eigenvalue weighted by atomic mass is 35.5. The van der Waals surface area contributed by atoms with Crippen molar-refractivity contribution in [2.24, 2.45) is 7.05 Å². The van der Waals surface area contributed by atoms with E-state index in [1.54, 1.807) is 29.2 Å². The monoisotopic (exact) mass is 366 g/mol. The number of hydrogen-bond donors (Lipinski definition) is 1. The van der Waals surface area contributed by atoms with E-state index in [-0.39, 0.29) is 12.4 Å². The molecule has 0 amide bonds. The molecule has 0 bridgehead atoms. The van der Waals surface area contributed by atoms with Crippen molar-refractivity contribution in [1.29, 1.82) is 0 Å². The lowest BCUT2D eigenvalue weighted by molar-refractivity contribution is 0.289. The molecule has 24 heavy (non-hydrogen) atoms. The van der Waals surface area contributed by atoms with Crippen LogP contribution in [-0.2, 0) is 20.2 Å². The molecule has 0 radical (unpaired) electrons. The smallest absolute Gasteiger partial charge is 0.183 e. The van der Waals surface area contributed by atoms with Gasteiger partial charge in [-0.1, -0.05) is 11.6 Å². The van der Waals surface area contributed by atoms with E-state index < -0.39 is 5.82 Å². The number of hydrogen-bond acceptors (Lipinski definition) is 5. The number of nitrogens with zero attached hydrogens (tertiary/aromatic N) is 3. The molecule has 0 unspecified atom stereocenters. The van der Waals surface area contributed by atoms with E-state index in [2.05, 4.69) is 15.4 Å². The summed E-state index contributed by atoms with van der Waals surface area (Å²) in [5.41, 5.74) is 2.60. The molecule has 3 aromatic rings. The Labute approximate surface area is 148 Å². The van der Waals surface area contributed by atoms with Crippen LogP contribution >= 0.6 is 22.9 Å². The van der Waals surface area contributed by atoms with Crippen molar-refractivity contribution in [3.8, 4) is 5.75 Å². The van der Waals surface area contributed by atoms with Gasteiger partial charge in [0.25, 0.3) is 0 Å². The summed E-state index contributed by atoms with van der Waals surface area (Å²) in [4.78, 5) is 4.94. The molecule has 8 heteroatoms. The zero-order chi connectivity index (χ0) is 17.1. The van der Waals surface area contributed by atoms with Crippen molar-refractivity contribution in [1.82, 2.24) is 14.8 Å². The van der Waals surface area contributed by atoms with Crippen LogP contribution in [0.3, 0.4) is 0 Å². The number of nitrogens with one attached hydrogen (secondary N) is 1. The van der Waals surface area contributed by atoms with E-state index >= 15 is 0 Å². The molecule has 1 N–H and O–H groups in total. The van der Waals surface area contributed by atoms with Crippen LogP contribution in [0.4, 0.5) is 10.1 Å². The maximum Gasteiger partial charge on any atom is 0.183 e. The van der Waals surface area contributed by atoms with E-state index in [0.29, 0.717) is 16.7 Å². The maximum atomic E-state index is 14.2. The molecule has 2 heterocycles. The molecule has 0 spiro atoms. The van der Waals surface area contributed by atoms with E-state index in [9.17, 15) is 4.39 Å². The molecule has 0 saturated heterocycles. The quantitative estimate of drug-likeness (QED) is 0.711. The lowest BCUT2D eigenvalue weighted by Gasteiger charge is -2.10. The minimum atomic E-state index is -0.413. The highest BCUT2D eigenvalue weighted by Gasteiger charge is 2.09. The number of thiazole rings is 1. The first-order valence-electron chi connectivity index (χ1n) is 7.27. The van der Waals surface area contributed by atoms with E-state index in [4.69, 9.17) is 16.3 Å². The van der Waals surface area contributed by atoms with Crippen molar-refractivity contribution >= 4 is 28.6 Å². The molecule has 3 rings (SSSR count). The van der Waals surface area contributed by atoms with Crippen LogP contribution < -0.4 is 10.1 Å². The summed E-state index contributed by atoms with van der Waals surface area (Å²) in [5, 5.41) is 7.27. The first-order valence-corrected chi connectivity index (χ1v) is 8.46. The summed E-state index contributed by atoms with van der Waals surface area (Å²) in [5.74, 6) is -0.200. The van der Waals surface area contributed by atoms with Gasteiger partial charge in [-0.3, -0.25) is 4.68 Å². The molecule has 0 saturated carbocycles. The number of aryl methyl sites for hydroxylation is 1. The van der Waals surface area contributed by atoms with E-state index in [0.717, 1.165) is 16.1 Å². The third-order valence-corrected chi connectivity index (χ3v) is 4.76. The Morgan fingerprint density at radius 2 is 2.21 bits per heavy atom. The van der Waals surface area contributed by atoms with Crippen molar-refractivity contribution in [2.75, 3.05) is 5.32 Å². The second-order valence-electron chi connectivity index (χ2n) is 5.25. The first kappa shape index (κ1) is 16.7. The first-order chi connectivity index (χ1) is 11.5. The van der Waals surface area contributed by atoms with Crippen molar-refractivity contribution in [3.63, 3.8) is 0 Å². The van der Waals surface area contributed by atoms with Gasteiger partial charge in [-0.15, -0.1) is 11.3 Å². The fraction of sp³-hybridized carbons (Fsp3) is 0.250. The molecule has 0 aliphatic rings. The second kappa shape index (κ2) is 7.19. The molecule has 0 fully saturated rings. The highest BCUT2D eigenvalue weighted by molar-refractivity contribution is 7.15. The Bertz CT molecular complexity index is 848. The Morgan fingerprint density at radius 1 is 1.38 bits per heavy atom. The van der Waals surface area contributed by atoms with Gasteiger partial charge in [-0.2, -0.15) is 5.10 Å². The van der Waals surface area contributed by atoms with Gasteiger partial charge in [0.05, 0.1) is 12.7 Å².